The molecule has 16 heteroatoms. The fraction of sp³-hybridized carbons (Fsp3) is 0.273. The molecule has 2 N–H and O–H groups in total. The third-order valence-corrected chi connectivity index (χ3v) is 13.0. The first-order valence-corrected chi connectivity index (χ1v) is 22.2. The highest BCUT2D eigenvalue weighted by molar-refractivity contribution is 7.99. The Balaban J connectivity index is 1.06. The standard InChI is InChI=1S/C44H44ClF4N7O2S2/c1-54(2)18-17-33(28-59-35-11-7-4-8-12-35)52-40-16-14-36(26-38(40)44(47,48)49)60(57,58)53-43-42-39(46)24-34(25-41(42)50-29-51-43)56-21-19-55(20-22-56)27-31-23-32(45)13-15-37(31)30-9-5-3-6-10-30/h3-16,23-26,29,33,52H,17-22,27-28H2,1-2H3,(H,50,51,53)/t33-/m1/s1. The van der Waals surface area contributed by atoms with Crippen LogP contribution in [-0.4, -0.2) is 86.8 Å². The number of thioether (sulfide) groups is 1. The molecule has 60 heavy (non-hydrogen) atoms. The maximum atomic E-state index is 16.0. The fourth-order valence-electron chi connectivity index (χ4n) is 7.17. The molecule has 6 aromatic rings. The van der Waals surface area contributed by atoms with Gasteiger partial charge in [0.25, 0.3) is 10.0 Å². The zero-order valence-corrected chi connectivity index (χ0v) is 35.4. The number of hydrogen-bond acceptors (Lipinski definition) is 9. The van der Waals surface area contributed by atoms with E-state index in [2.05, 4.69) is 37.0 Å². The van der Waals surface area contributed by atoms with E-state index in [1.807, 2.05) is 90.6 Å². The summed E-state index contributed by atoms with van der Waals surface area (Å²) in [6.07, 6.45) is -3.26. The number of halogens is 5. The number of benzene rings is 5. The lowest BCUT2D eigenvalue weighted by Crippen LogP contribution is -2.46. The van der Waals surface area contributed by atoms with E-state index < -0.39 is 32.5 Å². The van der Waals surface area contributed by atoms with Crippen LogP contribution in [0, 0.1) is 5.82 Å². The topological polar surface area (TPSA) is 93.7 Å². The number of sulfonamides is 1. The molecule has 0 aliphatic carbocycles. The van der Waals surface area contributed by atoms with Gasteiger partial charge in [0.15, 0.2) is 5.82 Å². The molecule has 7 rings (SSSR count). The van der Waals surface area contributed by atoms with Gasteiger partial charge in [0.2, 0.25) is 0 Å². The van der Waals surface area contributed by atoms with E-state index in [4.69, 9.17) is 11.6 Å². The van der Waals surface area contributed by atoms with E-state index in [1.165, 1.54) is 17.8 Å². The zero-order valence-electron chi connectivity index (χ0n) is 33.0. The van der Waals surface area contributed by atoms with Crippen LogP contribution >= 0.6 is 23.4 Å². The van der Waals surface area contributed by atoms with Crippen molar-refractivity contribution in [1.82, 2.24) is 19.8 Å². The molecule has 1 saturated heterocycles. The highest BCUT2D eigenvalue weighted by Gasteiger charge is 2.36. The first-order valence-electron chi connectivity index (χ1n) is 19.3. The van der Waals surface area contributed by atoms with Crippen molar-refractivity contribution in [2.75, 3.05) is 67.5 Å². The summed E-state index contributed by atoms with van der Waals surface area (Å²) in [6.45, 7) is 3.85. The lowest BCUT2D eigenvalue weighted by molar-refractivity contribution is -0.137. The van der Waals surface area contributed by atoms with Crippen molar-refractivity contribution in [2.24, 2.45) is 0 Å². The average molecular weight is 878 g/mol. The summed E-state index contributed by atoms with van der Waals surface area (Å²) in [5.41, 5.74) is 2.62. The first kappa shape index (κ1) is 43.2. The molecule has 1 atom stereocenters. The number of hydrogen-bond donors (Lipinski definition) is 2. The van der Waals surface area contributed by atoms with Crippen molar-refractivity contribution in [3.63, 3.8) is 0 Å². The van der Waals surface area contributed by atoms with Gasteiger partial charge in [-0.1, -0.05) is 66.2 Å². The Labute approximate surface area is 356 Å². The van der Waals surface area contributed by atoms with E-state index >= 15 is 4.39 Å². The van der Waals surface area contributed by atoms with E-state index in [9.17, 15) is 21.6 Å². The van der Waals surface area contributed by atoms with E-state index in [0.717, 1.165) is 40.0 Å². The fourth-order valence-corrected chi connectivity index (χ4v) is 9.40. The average Bonchev–Trinajstić information content (AvgIpc) is 3.22. The second-order valence-electron chi connectivity index (χ2n) is 14.8. The molecule has 0 unspecified atom stereocenters. The van der Waals surface area contributed by atoms with E-state index in [1.54, 1.807) is 6.07 Å². The van der Waals surface area contributed by atoms with Crippen LogP contribution in [0.3, 0.4) is 0 Å². The number of fused-ring (bicyclic) bond motifs is 1. The Hall–Kier alpha value is -4.93. The predicted octanol–water partition coefficient (Wildman–Crippen LogP) is 9.76. The summed E-state index contributed by atoms with van der Waals surface area (Å²) >= 11 is 7.91. The van der Waals surface area contributed by atoms with Gasteiger partial charge in [-0.2, -0.15) is 13.2 Å². The van der Waals surface area contributed by atoms with Crippen molar-refractivity contribution in [2.45, 2.75) is 35.0 Å². The van der Waals surface area contributed by atoms with E-state index in [-0.39, 0.29) is 28.5 Å². The maximum Gasteiger partial charge on any atom is 0.418 e. The number of anilines is 3. The second kappa shape index (κ2) is 18.8. The molecule has 2 heterocycles. The quantitative estimate of drug-likeness (QED) is 0.0773. The largest absolute Gasteiger partial charge is 0.418 e. The molecule has 5 aromatic carbocycles. The maximum absolute atomic E-state index is 16.0. The summed E-state index contributed by atoms with van der Waals surface area (Å²) in [4.78, 5) is 14.8. The summed E-state index contributed by atoms with van der Waals surface area (Å²) in [6, 6.07) is 30.9. The summed E-state index contributed by atoms with van der Waals surface area (Å²) in [5, 5.41) is 3.49. The lowest BCUT2D eigenvalue weighted by atomic mass is 9.99. The van der Waals surface area contributed by atoms with Crippen molar-refractivity contribution in [3.05, 3.63) is 137 Å². The molecule has 0 bridgehead atoms. The van der Waals surface area contributed by atoms with Crippen LogP contribution < -0.4 is 14.9 Å². The van der Waals surface area contributed by atoms with Crippen LogP contribution in [0.1, 0.15) is 17.5 Å². The minimum atomic E-state index is -4.89. The highest BCUT2D eigenvalue weighted by atomic mass is 35.5. The van der Waals surface area contributed by atoms with Crippen molar-refractivity contribution >= 4 is 61.5 Å². The molecule has 0 radical (unpaired) electrons. The third-order valence-electron chi connectivity index (χ3n) is 10.3. The van der Waals surface area contributed by atoms with E-state index in [0.29, 0.717) is 68.2 Å². The number of alkyl halides is 3. The zero-order chi connectivity index (χ0) is 42.4. The summed E-state index contributed by atoms with van der Waals surface area (Å²) in [7, 11) is -0.906. The number of nitrogens with zero attached hydrogens (tertiary/aromatic N) is 5. The smallest absolute Gasteiger partial charge is 0.381 e. The van der Waals surface area contributed by atoms with Crippen LogP contribution in [0.15, 0.2) is 125 Å². The highest BCUT2D eigenvalue weighted by Crippen LogP contribution is 2.38. The molecule has 0 spiro atoms. The molecule has 1 aliphatic rings. The molecule has 314 valence electrons. The van der Waals surface area contributed by atoms with Crippen molar-refractivity contribution < 1.29 is 26.0 Å². The van der Waals surface area contributed by atoms with Gasteiger partial charge in [-0.3, -0.25) is 9.62 Å². The van der Waals surface area contributed by atoms with Crippen LogP contribution in [0.25, 0.3) is 22.0 Å². The lowest BCUT2D eigenvalue weighted by Gasteiger charge is -2.36. The second-order valence-corrected chi connectivity index (χ2v) is 18.1. The Bertz CT molecular complexity index is 2530. The monoisotopic (exact) mass is 877 g/mol. The molecule has 1 fully saturated rings. The number of rotatable bonds is 15. The molecule has 0 amide bonds. The van der Waals surface area contributed by atoms with Crippen molar-refractivity contribution in [3.8, 4) is 11.1 Å². The Morgan fingerprint density at radius 1 is 0.883 bits per heavy atom. The molecular weight excluding hydrogens is 834 g/mol. The Morgan fingerprint density at radius 2 is 1.60 bits per heavy atom. The number of piperazine rings is 1. The van der Waals surface area contributed by atoms with Crippen LogP contribution in [-0.2, 0) is 22.7 Å². The minimum Gasteiger partial charge on any atom is -0.381 e. The van der Waals surface area contributed by atoms with Gasteiger partial charge in [0.1, 0.15) is 12.1 Å². The van der Waals surface area contributed by atoms with Crippen molar-refractivity contribution in [1.29, 1.82) is 0 Å². The minimum absolute atomic E-state index is 0.138. The predicted molar refractivity (Wildman–Crippen MR) is 234 cm³/mol. The first-order chi connectivity index (χ1) is 28.7. The Kier molecular flexibility index (Phi) is 13.5. The van der Waals surface area contributed by atoms with Crippen LogP contribution in [0.2, 0.25) is 5.02 Å². The van der Waals surface area contributed by atoms with Gasteiger partial charge in [-0.15, -0.1) is 11.8 Å². The van der Waals surface area contributed by atoms with Crippen LogP contribution in [0.4, 0.5) is 34.8 Å². The van der Waals surface area contributed by atoms with Gasteiger partial charge in [-0.05, 0) is 98.3 Å². The third kappa shape index (κ3) is 10.7. The molecule has 9 nitrogen and oxygen atoms in total. The SMILES string of the molecule is CN(C)CC[C@H](CSc1ccccc1)Nc1ccc(S(=O)(=O)Nc2ncnc3cc(N4CCN(Cc5cc(Cl)ccc5-c5ccccc5)CC4)cc(F)c23)cc1C(F)(F)F. The van der Waals surface area contributed by atoms with Gasteiger partial charge in [0.05, 0.1) is 21.4 Å². The normalized spacial score (nSPS) is 14.4. The molecule has 0 saturated carbocycles. The van der Waals surface area contributed by atoms with Gasteiger partial charge in [0, 0.05) is 65.8 Å². The van der Waals surface area contributed by atoms with Gasteiger partial charge >= 0.3 is 6.18 Å². The molecule has 1 aromatic heterocycles. The summed E-state index contributed by atoms with van der Waals surface area (Å²) in [5.74, 6) is -0.689. The van der Waals surface area contributed by atoms with Gasteiger partial charge in [-0.25, -0.2) is 22.8 Å². The van der Waals surface area contributed by atoms with Gasteiger partial charge < -0.3 is 15.1 Å². The molecule has 1 aliphatic heterocycles. The number of nitrogens with one attached hydrogen (secondary N) is 2. The summed E-state index contributed by atoms with van der Waals surface area (Å²) < 4.78 is 89.3. The number of aromatic nitrogens is 2. The molecular formula is C44H44ClF4N7O2S2. The van der Waals surface area contributed by atoms with Crippen LogP contribution in [0.5, 0.6) is 0 Å². The Morgan fingerprint density at radius 3 is 2.30 bits per heavy atom.